The molecule has 3 heteroatoms. The highest BCUT2D eigenvalue weighted by molar-refractivity contribution is 6.10. The number of hydrogen-bond acceptors (Lipinski definition) is 2. The van der Waals surface area contributed by atoms with Crippen LogP contribution in [0.4, 0.5) is 0 Å². The van der Waals surface area contributed by atoms with Crippen LogP contribution in [0.15, 0.2) is 54.6 Å². The topological polar surface area (TPSA) is 57.8 Å². The van der Waals surface area contributed by atoms with Crippen molar-refractivity contribution in [2.24, 2.45) is 0 Å². The monoisotopic (exact) mass is 258 g/mol. The number of rotatable bonds is 5. The standard InChI is InChI=1S/C16H16O2.H2O/c1-2-12-18-15-11-7-6-10-14(15)16(17)13-8-4-3-5-9-13;/h3-11H,2,12H2,1H3;1H2. The van der Waals surface area contributed by atoms with E-state index in [-0.39, 0.29) is 11.3 Å². The summed E-state index contributed by atoms with van der Waals surface area (Å²) in [5, 5.41) is 0. The summed E-state index contributed by atoms with van der Waals surface area (Å²) < 4.78 is 5.61. The molecular formula is C16H18O3. The second kappa shape index (κ2) is 7.34. The van der Waals surface area contributed by atoms with Gasteiger partial charge >= 0.3 is 0 Å². The van der Waals surface area contributed by atoms with Crippen LogP contribution < -0.4 is 4.74 Å². The van der Waals surface area contributed by atoms with E-state index >= 15 is 0 Å². The van der Waals surface area contributed by atoms with Gasteiger partial charge in [-0.1, -0.05) is 49.4 Å². The van der Waals surface area contributed by atoms with Gasteiger partial charge < -0.3 is 10.2 Å². The SMILES string of the molecule is CCCOc1ccccc1C(=O)c1ccccc1.O. The average molecular weight is 258 g/mol. The van der Waals surface area contributed by atoms with Crippen molar-refractivity contribution in [2.45, 2.75) is 13.3 Å². The quantitative estimate of drug-likeness (QED) is 0.774. The zero-order valence-electron chi connectivity index (χ0n) is 10.9. The third-order valence-electron chi connectivity index (χ3n) is 2.63. The highest BCUT2D eigenvalue weighted by Gasteiger charge is 2.13. The van der Waals surface area contributed by atoms with E-state index < -0.39 is 0 Å². The van der Waals surface area contributed by atoms with E-state index in [2.05, 4.69) is 0 Å². The minimum absolute atomic E-state index is 0. The first kappa shape index (κ1) is 14.9. The third-order valence-corrected chi connectivity index (χ3v) is 2.63. The van der Waals surface area contributed by atoms with Gasteiger partial charge in [0, 0.05) is 5.56 Å². The van der Waals surface area contributed by atoms with Crippen molar-refractivity contribution in [3.63, 3.8) is 0 Å². The van der Waals surface area contributed by atoms with Gasteiger partial charge in [-0.2, -0.15) is 0 Å². The highest BCUT2D eigenvalue weighted by Crippen LogP contribution is 2.21. The largest absolute Gasteiger partial charge is 0.493 e. The van der Waals surface area contributed by atoms with Gasteiger partial charge in [-0.15, -0.1) is 0 Å². The Bertz CT molecular complexity index is 521. The Hall–Kier alpha value is -2.13. The fourth-order valence-corrected chi connectivity index (χ4v) is 1.74. The van der Waals surface area contributed by atoms with Gasteiger partial charge in [-0.25, -0.2) is 0 Å². The van der Waals surface area contributed by atoms with Gasteiger partial charge in [0.25, 0.3) is 0 Å². The number of ketones is 1. The Balaban J connectivity index is 0.00000180. The highest BCUT2D eigenvalue weighted by atomic mass is 16.5. The van der Waals surface area contributed by atoms with Crippen molar-refractivity contribution in [3.8, 4) is 5.75 Å². The van der Waals surface area contributed by atoms with E-state index in [0.717, 1.165) is 6.42 Å². The lowest BCUT2D eigenvalue weighted by Crippen LogP contribution is -2.05. The summed E-state index contributed by atoms with van der Waals surface area (Å²) in [5.74, 6) is 0.663. The van der Waals surface area contributed by atoms with Crippen LogP contribution in [0.5, 0.6) is 5.75 Å². The number of ether oxygens (including phenoxy) is 1. The summed E-state index contributed by atoms with van der Waals surface area (Å²) in [6, 6.07) is 16.6. The molecule has 0 fully saturated rings. The molecule has 0 bridgehead atoms. The van der Waals surface area contributed by atoms with E-state index in [0.29, 0.717) is 23.5 Å². The smallest absolute Gasteiger partial charge is 0.196 e. The Kier molecular flexibility index (Phi) is 5.76. The Labute approximate surface area is 113 Å². The molecule has 19 heavy (non-hydrogen) atoms. The molecule has 0 aliphatic carbocycles. The van der Waals surface area contributed by atoms with Gasteiger partial charge in [0.15, 0.2) is 5.78 Å². The summed E-state index contributed by atoms with van der Waals surface area (Å²) in [4.78, 5) is 12.4. The summed E-state index contributed by atoms with van der Waals surface area (Å²) in [6.07, 6.45) is 0.924. The molecule has 0 aromatic heterocycles. The molecule has 0 radical (unpaired) electrons. The molecule has 0 aliphatic heterocycles. The van der Waals surface area contributed by atoms with Crippen molar-refractivity contribution >= 4 is 5.78 Å². The van der Waals surface area contributed by atoms with Gasteiger partial charge in [-0.05, 0) is 18.6 Å². The maximum absolute atomic E-state index is 12.4. The van der Waals surface area contributed by atoms with Crippen LogP contribution in [0.3, 0.4) is 0 Å². The second-order valence-electron chi connectivity index (χ2n) is 4.04. The Morgan fingerprint density at radius 3 is 2.32 bits per heavy atom. The van der Waals surface area contributed by atoms with E-state index in [4.69, 9.17) is 4.74 Å². The molecular weight excluding hydrogens is 240 g/mol. The lowest BCUT2D eigenvalue weighted by atomic mass is 10.0. The van der Waals surface area contributed by atoms with Crippen molar-refractivity contribution in [1.29, 1.82) is 0 Å². The van der Waals surface area contributed by atoms with Crippen molar-refractivity contribution in [2.75, 3.05) is 6.61 Å². The molecule has 0 unspecified atom stereocenters. The van der Waals surface area contributed by atoms with E-state index in [1.807, 2.05) is 55.5 Å². The molecule has 0 saturated heterocycles. The molecule has 0 aliphatic rings. The predicted molar refractivity (Wildman–Crippen MR) is 75.7 cm³/mol. The van der Waals surface area contributed by atoms with Gasteiger partial charge in [-0.3, -0.25) is 4.79 Å². The third kappa shape index (κ3) is 3.66. The summed E-state index contributed by atoms with van der Waals surface area (Å²) in [6.45, 7) is 2.67. The average Bonchev–Trinajstić information content (AvgIpc) is 2.45. The van der Waals surface area contributed by atoms with Crippen molar-refractivity contribution in [3.05, 3.63) is 65.7 Å². The molecule has 3 nitrogen and oxygen atoms in total. The van der Waals surface area contributed by atoms with E-state index in [9.17, 15) is 4.79 Å². The molecule has 2 N–H and O–H groups in total. The predicted octanol–water partition coefficient (Wildman–Crippen LogP) is 2.88. The van der Waals surface area contributed by atoms with Crippen LogP contribution in [-0.4, -0.2) is 17.9 Å². The van der Waals surface area contributed by atoms with Crippen LogP contribution in [0.2, 0.25) is 0 Å². The van der Waals surface area contributed by atoms with Crippen LogP contribution in [0, 0.1) is 0 Å². The summed E-state index contributed by atoms with van der Waals surface area (Å²) in [7, 11) is 0. The van der Waals surface area contributed by atoms with Crippen LogP contribution in [0.1, 0.15) is 29.3 Å². The first-order valence-corrected chi connectivity index (χ1v) is 6.14. The van der Waals surface area contributed by atoms with E-state index in [1.165, 1.54) is 0 Å². The van der Waals surface area contributed by atoms with Gasteiger partial charge in [0.1, 0.15) is 5.75 Å². The summed E-state index contributed by atoms with van der Waals surface area (Å²) in [5.41, 5.74) is 1.31. The molecule has 0 atom stereocenters. The zero-order valence-corrected chi connectivity index (χ0v) is 10.9. The molecule has 0 amide bonds. The van der Waals surface area contributed by atoms with E-state index in [1.54, 1.807) is 6.07 Å². The fourth-order valence-electron chi connectivity index (χ4n) is 1.74. The lowest BCUT2D eigenvalue weighted by Gasteiger charge is -2.09. The maximum atomic E-state index is 12.4. The molecule has 2 aromatic carbocycles. The first-order valence-electron chi connectivity index (χ1n) is 6.14. The van der Waals surface area contributed by atoms with Gasteiger partial charge in [0.05, 0.1) is 12.2 Å². The lowest BCUT2D eigenvalue weighted by molar-refractivity contribution is 0.103. The molecule has 0 saturated carbocycles. The minimum atomic E-state index is 0. The number of para-hydroxylation sites is 1. The number of carbonyl (C=O) groups excluding carboxylic acids is 1. The second-order valence-corrected chi connectivity index (χ2v) is 4.04. The zero-order chi connectivity index (χ0) is 12.8. The normalized spacial score (nSPS) is 9.53. The maximum Gasteiger partial charge on any atom is 0.196 e. The van der Waals surface area contributed by atoms with Crippen LogP contribution in [0.25, 0.3) is 0 Å². The first-order chi connectivity index (χ1) is 8.83. The number of carbonyl (C=O) groups is 1. The minimum Gasteiger partial charge on any atom is -0.493 e. The fraction of sp³-hybridized carbons (Fsp3) is 0.188. The molecule has 100 valence electrons. The number of hydrogen-bond donors (Lipinski definition) is 0. The Morgan fingerprint density at radius 1 is 1.00 bits per heavy atom. The molecule has 2 rings (SSSR count). The van der Waals surface area contributed by atoms with Crippen LogP contribution in [-0.2, 0) is 0 Å². The summed E-state index contributed by atoms with van der Waals surface area (Å²) >= 11 is 0. The Morgan fingerprint density at radius 2 is 1.63 bits per heavy atom. The van der Waals surface area contributed by atoms with Crippen LogP contribution >= 0.6 is 0 Å². The van der Waals surface area contributed by atoms with Crippen molar-refractivity contribution < 1.29 is 15.0 Å². The van der Waals surface area contributed by atoms with Gasteiger partial charge in [0.2, 0.25) is 0 Å². The number of benzene rings is 2. The molecule has 0 heterocycles. The molecule has 2 aromatic rings. The molecule has 0 spiro atoms. The van der Waals surface area contributed by atoms with Crippen molar-refractivity contribution in [1.82, 2.24) is 0 Å².